The Bertz CT molecular complexity index is 305. The van der Waals surface area contributed by atoms with Crippen molar-refractivity contribution in [3.8, 4) is 0 Å². The smallest absolute Gasteiger partial charge is 0.0832 e. The van der Waals surface area contributed by atoms with Crippen molar-refractivity contribution in [2.45, 2.75) is 31.8 Å². The summed E-state index contributed by atoms with van der Waals surface area (Å²) in [6, 6.07) is 7.59. The zero-order chi connectivity index (χ0) is 9.97. The van der Waals surface area contributed by atoms with Crippen LogP contribution in [0.2, 0.25) is 5.02 Å². The molecule has 0 aliphatic heterocycles. The molecule has 2 heteroatoms. The minimum atomic E-state index is -0.369. The Balaban J connectivity index is 2.17. The monoisotopic (exact) mass is 210 g/mol. The van der Waals surface area contributed by atoms with Gasteiger partial charge in [0.05, 0.1) is 6.10 Å². The van der Waals surface area contributed by atoms with Crippen molar-refractivity contribution in [2.75, 3.05) is 0 Å². The summed E-state index contributed by atoms with van der Waals surface area (Å²) in [6.07, 6.45) is 4.38. The van der Waals surface area contributed by atoms with Crippen molar-refractivity contribution in [2.24, 2.45) is 5.92 Å². The highest BCUT2D eigenvalue weighted by molar-refractivity contribution is 6.31. The van der Waals surface area contributed by atoms with E-state index in [0.717, 1.165) is 18.4 Å². The van der Waals surface area contributed by atoms with Crippen LogP contribution in [0.5, 0.6) is 0 Å². The van der Waals surface area contributed by atoms with E-state index in [1.54, 1.807) is 0 Å². The lowest BCUT2D eigenvalue weighted by atomic mass is 9.94. The van der Waals surface area contributed by atoms with Gasteiger partial charge >= 0.3 is 0 Å². The molecule has 1 fully saturated rings. The fourth-order valence-electron chi connectivity index (χ4n) is 2.24. The summed E-state index contributed by atoms with van der Waals surface area (Å²) in [4.78, 5) is 0. The van der Waals surface area contributed by atoms with Gasteiger partial charge in [-0.25, -0.2) is 0 Å². The summed E-state index contributed by atoms with van der Waals surface area (Å²) in [5.41, 5.74) is 0.890. The Kier molecular flexibility index (Phi) is 3.09. The van der Waals surface area contributed by atoms with Gasteiger partial charge in [-0.2, -0.15) is 0 Å². The second kappa shape index (κ2) is 4.33. The van der Waals surface area contributed by atoms with Crippen molar-refractivity contribution in [1.82, 2.24) is 0 Å². The minimum Gasteiger partial charge on any atom is -0.388 e. The van der Waals surface area contributed by atoms with Crippen LogP contribution in [0.15, 0.2) is 24.3 Å². The molecule has 1 saturated carbocycles. The minimum absolute atomic E-state index is 0.369. The fraction of sp³-hybridized carbons (Fsp3) is 0.500. The van der Waals surface area contributed by atoms with Gasteiger partial charge in [-0.1, -0.05) is 42.6 Å². The van der Waals surface area contributed by atoms with E-state index in [9.17, 15) is 5.11 Å². The molecule has 1 aliphatic carbocycles. The van der Waals surface area contributed by atoms with E-state index >= 15 is 0 Å². The summed E-state index contributed by atoms with van der Waals surface area (Å²) < 4.78 is 0. The third-order valence-corrected chi connectivity index (χ3v) is 3.41. The van der Waals surface area contributed by atoms with Gasteiger partial charge in [0.1, 0.15) is 0 Å². The van der Waals surface area contributed by atoms with Gasteiger partial charge < -0.3 is 5.11 Å². The average molecular weight is 211 g/mol. The van der Waals surface area contributed by atoms with Gasteiger partial charge in [-0.05, 0) is 30.4 Å². The molecule has 0 aromatic heterocycles. The van der Waals surface area contributed by atoms with Crippen LogP contribution in [0.25, 0.3) is 0 Å². The lowest BCUT2D eigenvalue weighted by molar-refractivity contribution is 0.112. The van der Waals surface area contributed by atoms with Crippen molar-refractivity contribution in [3.63, 3.8) is 0 Å². The van der Waals surface area contributed by atoms with Crippen LogP contribution in [0, 0.1) is 5.92 Å². The highest BCUT2D eigenvalue weighted by atomic mass is 35.5. The molecule has 0 radical (unpaired) electrons. The maximum Gasteiger partial charge on any atom is 0.0832 e. The first-order chi connectivity index (χ1) is 6.79. The summed E-state index contributed by atoms with van der Waals surface area (Å²) in [5, 5.41) is 10.8. The maximum absolute atomic E-state index is 10.1. The zero-order valence-electron chi connectivity index (χ0n) is 8.12. The van der Waals surface area contributed by atoms with Crippen molar-refractivity contribution in [3.05, 3.63) is 34.9 Å². The number of hydrogen-bond donors (Lipinski definition) is 1. The third kappa shape index (κ3) is 1.94. The number of benzene rings is 1. The molecular weight excluding hydrogens is 196 g/mol. The zero-order valence-corrected chi connectivity index (χ0v) is 8.87. The summed E-state index contributed by atoms with van der Waals surface area (Å²) >= 11 is 6.04. The van der Waals surface area contributed by atoms with Gasteiger partial charge in [0.15, 0.2) is 0 Å². The molecule has 1 aliphatic rings. The number of aliphatic hydroxyl groups excluding tert-OH is 1. The van der Waals surface area contributed by atoms with E-state index in [1.807, 2.05) is 24.3 Å². The molecule has 0 spiro atoms. The molecule has 1 aromatic carbocycles. The lowest BCUT2D eigenvalue weighted by Crippen LogP contribution is -2.09. The summed E-state index contributed by atoms with van der Waals surface area (Å²) in [5.74, 6) is 0.412. The maximum atomic E-state index is 10.1. The molecule has 1 N–H and O–H groups in total. The van der Waals surface area contributed by atoms with Gasteiger partial charge in [0.2, 0.25) is 0 Å². The van der Waals surface area contributed by atoms with Crippen molar-refractivity contribution < 1.29 is 5.11 Å². The van der Waals surface area contributed by atoms with E-state index in [1.165, 1.54) is 12.8 Å². The second-order valence-corrected chi connectivity index (χ2v) is 4.42. The average Bonchev–Trinajstić information content (AvgIpc) is 2.70. The number of halogens is 1. The SMILES string of the molecule is O[C@@H](c1ccccc1Cl)C1CCCC1. The molecule has 1 nitrogen and oxygen atoms in total. The Morgan fingerprint density at radius 1 is 1.21 bits per heavy atom. The quantitative estimate of drug-likeness (QED) is 0.792. The number of aliphatic hydroxyl groups is 1. The molecule has 2 rings (SSSR count). The molecular formula is C12H15ClO. The van der Waals surface area contributed by atoms with E-state index in [-0.39, 0.29) is 6.10 Å². The first-order valence-electron chi connectivity index (χ1n) is 5.21. The molecule has 1 aromatic rings. The third-order valence-electron chi connectivity index (χ3n) is 3.07. The number of rotatable bonds is 2. The molecule has 0 saturated heterocycles. The topological polar surface area (TPSA) is 20.2 Å². The Morgan fingerprint density at radius 3 is 2.50 bits per heavy atom. The van der Waals surface area contributed by atoms with Gasteiger partial charge in [0, 0.05) is 5.02 Å². The molecule has 0 amide bonds. The normalized spacial score (nSPS) is 19.9. The van der Waals surface area contributed by atoms with E-state index in [4.69, 9.17) is 11.6 Å². The Hall–Kier alpha value is -0.530. The molecule has 0 heterocycles. The molecule has 0 unspecified atom stereocenters. The van der Waals surface area contributed by atoms with Crippen LogP contribution < -0.4 is 0 Å². The number of hydrogen-bond acceptors (Lipinski definition) is 1. The van der Waals surface area contributed by atoms with Crippen LogP contribution in [0.1, 0.15) is 37.4 Å². The Labute approximate surface area is 89.7 Å². The predicted octanol–water partition coefficient (Wildman–Crippen LogP) is 3.56. The van der Waals surface area contributed by atoms with Crippen LogP contribution in [-0.2, 0) is 0 Å². The van der Waals surface area contributed by atoms with Crippen LogP contribution in [0.3, 0.4) is 0 Å². The van der Waals surface area contributed by atoms with Crippen molar-refractivity contribution >= 4 is 11.6 Å². The molecule has 1 atom stereocenters. The highest BCUT2D eigenvalue weighted by Gasteiger charge is 2.25. The predicted molar refractivity (Wildman–Crippen MR) is 58.4 cm³/mol. The molecule has 76 valence electrons. The first kappa shape index (κ1) is 10.0. The summed E-state index contributed by atoms with van der Waals surface area (Å²) in [6.45, 7) is 0. The standard InChI is InChI=1S/C12H15ClO/c13-11-8-4-3-7-10(11)12(14)9-5-1-2-6-9/h3-4,7-9,12,14H,1-2,5-6H2/t12-/m1/s1. The van der Waals surface area contributed by atoms with Crippen molar-refractivity contribution in [1.29, 1.82) is 0 Å². The lowest BCUT2D eigenvalue weighted by Gasteiger charge is -2.18. The first-order valence-corrected chi connectivity index (χ1v) is 5.59. The van der Waals surface area contributed by atoms with E-state index < -0.39 is 0 Å². The van der Waals surface area contributed by atoms with Gasteiger partial charge in [-0.3, -0.25) is 0 Å². The van der Waals surface area contributed by atoms with Gasteiger partial charge in [-0.15, -0.1) is 0 Å². The molecule has 14 heavy (non-hydrogen) atoms. The van der Waals surface area contributed by atoms with E-state index in [0.29, 0.717) is 10.9 Å². The highest BCUT2D eigenvalue weighted by Crippen LogP contribution is 2.37. The van der Waals surface area contributed by atoms with Crippen LogP contribution in [-0.4, -0.2) is 5.11 Å². The summed E-state index contributed by atoms with van der Waals surface area (Å²) in [7, 11) is 0. The largest absolute Gasteiger partial charge is 0.388 e. The van der Waals surface area contributed by atoms with Crippen LogP contribution in [0.4, 0.5) is 0 Å². The second-order valence-electron chi connectivity index (χ2n) is 4.01. The van der Waals surface area contributed by atoms with E-state index in [2.05, 4.69) is 0 Å². The van der Waals surface area contributed by atoms with Crippen LogP contribution >= 0.6 is 11.6 Å². The fourth-order valence-corrected chi connectivity index (χ4v) is 2.49. The van der Waals surface area contributed by atoms with Gasteiger partial charge in [0.25, 0.3) is 0 Å². The molecule has 0 bridgehead atoms. The Morgan fingerprint density at radius 2 is 1.86 bits per heavy atom.